The standard InChI is InChI=1S/C10H14N6O/c1-5-4-7(16(3)15-5)12-10(17)9-8(11)6(2)13-14-9/h4H,11H2,1-3H3,(H,12,17)(H,13,14). The van der Waals surface area contributed by atoms with Crippen LogP contribution in [0.25, 0.3) is 0 Å². The van der Waals surface area contributed by atoms with Gasteiger partial charge in [0.2, 0.25) is 0 Å². The smallest absolute Gasteiger partial charge is 0.279 e. The van der Waals surface area contributed by atoms with Gasteiger partial charge < -0.3 is 11.1 Å². The van der Waals surface area contributed by atoms with Gasteiger partial charge in [0.1, 0.15) is 5.82 Å². The van der Waals surface area contributed by atoms with Gasteiger partial charge in [-0.3, -0.25) is 14.6 Å². The van der Waals surface area contributed by atoms with Crippen molar-refractivity contribution in [2.45, 2.75) is 13.8 Å². The van der Waals surface area contributed by atoms with Crippen molar-refractivity contribution in [2.75, 3.05) is 11.1 Å². The number of nitrogens with zero attached hydrogens (tertiary/aromatic N) is 3. The third kappa shape index (κ3) is 1.99. The van der Waals surface area contributed by atoms with Gasteiger partial charge >= 0.3 is 0 Å². The van der Waals surface area contributed by atoms with Crippen molar-refractivity contribution in [2.24, 2.45) is 7.05 Å². The van der Waals surface area contributed by atoms with Gasteiger partial charge in [-0.2, -0.15) is 10.2 Å². The second-order valence-electron chi connectivity index (χ2n) is 3.86. The van der Waals surface area contributed by atoms with Crippen LogP contribution in [0, 0.1) is 13.8 Å². The predicted molar refractivity (Wildman–Crippen MR) is 63.6 cm³/mol. The van der Waals surface area contributed by atoms with Crippen molar-refractivity contribution in [3.63, 3.8) is 0 Å². The Morgan fingerprint density at radius 2 is 2.24 bits per heavy atom. The molecule has 0 saturated carbocycles. The van der Waals surface area contributed by atoms with Crippen LogP contribution in [0.1, 0.15) is 21.9 Å². The number of aromatic nitrogens is 4. The molecule has 7 heteroatoms. The normalized spacial score (nSPS) is 10.5. The molecule has 90 valence electrons. The van der Waals surface area contributed by atoms with E-state index in [-0.39, 0.29) is 11.6 Å². The van der Waals surface area contributed by atoms with Crippen molar-refractivity contribution in [1.82, 2.24) is 20.0 Å². The van der Waals surface area contributed by atoms with E-state index in [4.69, 9.17) is 5.73 Å². The Bertz CT molecular complexity index is 567. The molecule has 2 heterocycles. The molecule has 0 aromatic carbocycles. The molecule has 2 rings (SSSR count). The quantitative estimate of drug-likeness (QED) is 0.707. The summed E-state index contributed by atoms with van der Waals surface area (Å²) in [5.74, 6) is 0.252. The van der Waals surface area contributed by atoms with Crippen LogP contribution in [0.5, 0.6) is 0 Å². The Morgan fingerprint density at radius 3 is 2.71 bits per heavy atom. The Balaban J connectivity index is 2.23. The van der Waals surface area contributed by atoms with Gasteiger partial charge in [0.25, 0.3) is 5.91 Å². The lowest BCUT2D eigenvalue weighted by molar-refractivity contribution is 0.102. The Labute approximate surface area is 98.0 Å². The van der Waals surface area contributed by atoms with Crippen molar-refractivity contribution in [1.29, 1.82) is 0 Å². The van der Waals surface area contributed by atoms with E-state index in [1.165, 1.54) is 0 Å². The average Bonchev–Trinajstić information content (AvgIpc) is 2.73. The van der Waals surface area contributed by atoms with E-state index in [1.807, 2.05) is 6.92 Å². The Hall–Kier alpha value is -2.31. The number of nitrogen functional groups attached to an aromatic ring is 1. The van der Waals surface area contributed by atoms with Crippen LogP contribution in [0.3, 0.4) is 0 Å². The van der Waals surface area contributed by atoms with Crippen LogP contribution in [-0.2, 0) is 7.05 Å². The van der Waals surface area contributed by atoms with Crippen molar-refractivity contribution < 1.29 is 4.79 Å². The molecular weight excluding hydrogens is 220 g/mol. The molecular formula is C10H14N6O. The van der Waals surface area contributed by atoms with Crippen LogP contribution in [0.2, 0.25) is 0 Å². The molecule has 2 aromatic heterocycles. The number of nitrogens with one attached hydrogen (secondary N) is 2. The highest BCUT2D eigenvalue weighted by atomic mass is 16.2. The highest BCUT2D eigenvalue weighted by Gasteiger charge is 2.16. The van der Waals surface area contributed by atoms with Gasteiger partial charge in [-0.05, 0) is 13.8 Å². The molecule has 0 aliphatic carbocycles. The Morgan fingerprint density at radius 1 is 1.53 bits per heavy atom. The fraction of sp³-hybridized carbons (Fsp3) is 0.300. The van der Waals surface area contributed by atoms with Crippen molar-refractivity contribution in [3.05, 3.63) is 23.1 Å². The molecule has 0 radical (unpaired) electrons. The lowest BCUT2D eigenvalue weighted by Gasteiger charge is -2.03. The second kappa shape index (κ2) is 3.93. The van der Waals surface area contributed by atoms with E-state index in [2.05, 4.69) is 20.6 Å². The van der Waals surface area contributed by atoms with Crippen molar-refractivity contribution >= 4 is 17.4 Å². The minimum atomic E-state index is -0.352. The first-order valence-electron chi connectivity index (χ1n) is 5.11. The van der Waals surface area contributed by atoms with E-state index in [1.54, 1.807) is 24.7 Å². The number of aryl methyl sites for hydroxylation is 3. The summed E-state index contributed by atoms with van der Waals surface area (Å²) in [6.45, 7) is 3.61. The highest BCUT2D eigenvalue weighted by molar-refractivity contribution is 6.06. The first kappa shape index (κ1) is 11.2. The molecule has 4 N–H and O–H groups in total. The highest BCUT2D eigenvalue weighted by Crippen LogP contribution is 2.15. The van der Waals surface area contributed by atoms with Gasteiger partial charge in [-0.25, -0.2) is 0 Å². The Kier molecular flexibility index (Phi) is 2.58. The van der Waals surface area contributed by atoms with E-state index >= 15 is 0 Å². The van der Waals surface area contributed by atoms with Crippen molar-refractivity contribution in [3.8, 4) is 0 Å². The summed E-state index contributed by atoms with van der Waals surface area (Å²) in [5, 5.41) is 13.3. The van der Waals surface area contributed by atoms with E-state index in [0.29, 0.717) is 17.2 Å². The molecule has 2 aromatic rings. The summed E-state index contributed by atoms with van der Waals surface area (Å²) in [5.41, 5.74) is 7.79. The van der Waals surface area contributed by atoms with Gasteiger partial charge in [0, 0.05) is 13.1 Å². The molecule has 0 bridgehead atoms. The lowest BCUT2D eigenvalue weighted by atomic mass is 10.3. The summed E-state index contributed by atoms with van der Waals surface area (Å²) in [7, 11) is 1.75. The maximum atomic E-state index is 11.9. The molecule has 1 amide bonds. The number of anilines is 2. The van der Waals surface area contributed by atoms with E-state index in [9.17, 15) is 4.79 Å². The molecule has 0 aliphatic rings. The second-order valence-corrected chi connectivity index (χ2v) is 3.86. The largest absolute Gasteiger partial charge is 0.395 e. The molecule has 0 fully saturated rings. The average molecular weight is 234 g/mol. The van der Waals surface area contributed by atoms with E-state index in [0.717, 1.165) is 5.69 Å². The molecule has 0 unspecified atom stereocenters. The predicted octanol–water partition coefficient (Wildman–Crippen LogP) is 0.595. The van der Waals surface area contributed by atoms with Gasteiger partial charge in [0.05, 0.1) is 17.1 Å². The minimum Gasteiger partial charge on any atom is -0.395 e. The summed E-state index contributed by atoms with van der Waals surface area (Å²) in [6, 6.07) is 1.77. The zero-order chi connectivity index (χ0) is 12.6. The third-order valence-electron chi connectivity index (χ3n) is 2.45. The number of aromatic amines is 1. The fourth-order valence-electron chi connectivity index (χ4n) is 1.51. The number of carbonyl (C=O) groups excluding carboxylic acids is 1. The van der Waals surface area contributed by atoms with Crippen LogP contribution in [0.15, 0.2) is 6.07 Å². The zero-order valence-electron chi connectivity index (χ0n) is 9.90. The van der Waals surface area contributed by atoms with Crippen LogP contribution in [0.4, 0.5) is 11.5 Å². The maximum Gasteiger partial charge on any atom is 0.279 e. The van der Waals surface area contributed by atoms with Crippen LogP contribution >= 0.6 is 0 Å². The minimum absolute atomic E-state index is 0.196. The molecule has 7 nitrogen and oxygen atoms in total. The summed E-state index contributed by atoms with van der Waals surface area (Å²) in [4.78, 5) is 11.9. The molecule has 0 aliphatic heterocycles. The summed E-state index contributed by atoms with van der Waals surface area (Å²) < 4.78 is 1.59. The summed E-state index contributed by atoms with van der Waals surface area (Å²) >= 11 is 0. The monoisotopic (exact) mass is 234 g/mol. The number of nitrogens with two attached hydrogens (primary N) is 1. The van der Waals surface area contributed by atoms with Crippen LogP contribution < -0.4 is 11.1 Å². The summed E-state index contributed by atoms with van der Waals surface area (Å²) in [6.07, 6.45) is 0. The first-order chi connectivity index (χ1) is 7.99. The van der Waals surface area contributed by atoms with Gasteiger partial charge in [-0.1, -0.05) is 0 Å². The first-order valence-corrected chi connectivity index (χ1v) is 5.11. The fourth-order valence-corrected chi connectivity index (χ4v) is 1.51. The van der Waals surface area contributed by atoms with Gasteiger partial charge in [0.15, 0.2) is 5.69 Å². The third-order valence-corrected chi connectivity index (χ3v) is 2.45. The zero-order valence-corrected chi connectivity index (χ0v) is 9.90. The van der Waals surface area contributed by atoms with Gasteiger partial charge in [-0.15, -0.1) is 0 Å². The van der Waals surface area contributed by atoms with E-state index < -0.39 is 0 Å². The maximum absolute atomic E-state index is 11.9. The molecule has 17 heavy (non-hydrogen) atoms. The van der Waals surface area contributed by atoms with Crippen LogP contribution in [-0.4, -0.2) is 25.9 Å². The number of carbonyl (C=O) groups is 1. The molecule has 0 spiro atoms. The number of amides is 1. The number of rotatable bonds is 2. The topological polar surface area (TPSA) is 102 Å². The number of hydrogen-bond donors (Lipinski definition) is 3. The SMILES string of the molecule is Cc1cc(NC(=O)c2n[nH]c(C)c2N)n(C)n1. The number of H-pyrrole nitrogens is 1. The molecule has 0 saturated heterocycles. The number of hydrogen-bond acceptors (Lipinski definition) is 4. The lowest BCUT2D eigenvalue weighted by Crippen LogP contribution is -2.16. The molecule has 0 atom stereocenters.